The van der Waals surface area contributed by atoms with E-state index < -0.39 is 0 Å². The number of benzene rings is 1. The van der Waals surface area contributed by atoms with Crippen molar-refractivity contribution in [3.05, 3.63) is 46.4 Å². The van der Waals surface area contributed by atoms with Crippen LogP contribution >= 0.6 is 36.2 Å². The van der Waals surface area contributed by atoms with Gasteiger partial charge in [-0.15, -0.1) is 36.2 Å². The maximum absolute atomic E-state index is 12.7. The summed E-state index contributed by atoms with van der Waals surface area (Å²) in [5, 5.41) is 1.95. The maximum Gasteiger partial charge on any atom is 0.254 e. The van der Waals surface area contributed by atoms with Crippen LogP contribution in [0.25, 0.3) is 0 Å². The van der Waals surface area contributed by atoms with Gasteiger partial charge >= 0.3 is 0 Å². The number of aromatic nitrogens is 1. The lowest BCUT2D eigenvalue weighted by Gasteiger charge is -2.22. The topological polar surface area (TPSA) is 68.5 Å². The van der Waals surface area contributed by atoms with Crippen LogP contribution in [0, 0.1) is 5.41 Å². The predicted octanol–water partition coefficient (Wildman–Crippen LogP) is 3.38. The van der Waals surface area contributed by atoms with Crippen molar-refractivity contribution in [2.75, 3.05) is 19.6 Å². The summed E-state index contributed by atoms with van der Waals surface area (Å²) in [6.45, 7) is 4.63. The molecule has 5 nitrogen and oxygen atoms in total. The number of nitrogens with two attached hydrogens (primary N) is 1. The average molecular weight is 404 g/mol. The number of carbonyl (C=O) groups excluding carboxylic acids is 1. The van der Waals surface area contributed by atoms with Crippen LogP contribution in [-0.4, -0.2) is 35.4 Å². The molecular formula is C17H23Cl2N3O2S. The zero-order chi connectivity index (χ0) is 16.3. The Balaban J connectivity index is 0.00000156. The molecule has 8 heteroatoms. The van der Waals surface area contributed by atoms with Crippen LogP contribution in [-0.2, 0) is 6.61 Å². The van der Waals surface area contributed by atoms with Gasteiger partial charge in [0.25, 0.3) is 5.91 Å². The molecule has 0 radical (unpaired) electrons. The minimum Gasteiger partial charge on any atom is -0.487 e. The summed E-state index contributed by atoms with van der Waals surface area (Å²) in [7, 11) is 0. The number of carbonyl (C=O) groups is 1. The van der Waals surface area contributed by atoms with Gasteiger partial charge in [0.05, 0.1) is 11.2 Å². The molecule has 1 atom stereocenters. The number of thiazole rings is 1. The molecular weight excluding hydrogens is 381 g/mol. The van der Waals surface area contributed by atoms with E-state index >= 15 is 0 Å². The highest BCUT2D eigenvalue weighted by Crippen LogP contribution is 2.29. The SMILES string of the molecule is CC1(CN)CCN(C(=O)c2cccc(OCc3cscn3)c2)C1.Cl.Cl. The van der Waals surface area contributed by atoms with Crippen molar-refractivity contribution in [1.29, 1.82) is 0 Å². The molecule has 1 amide bonds. The Morgan fingerprint density at radius 2 is 2.24 bits per heavy atom. The molecule has 1 unspecified atom stereocenters. The molecule has 2 N–H and O–H groups in total. The second-order valence-electron chi connectivity index (χ2n) is 6.29. The van der Waals surface area contributed by atoms with E-state index in [0.29, 0.717) is 31.0 Å². The number of nitrogens with zero attached hydrogens (tertiary/aromatic N) is 2. The Morgan fingerprint density at radius 1 is 1.44 bits per heavy atom. The fraction of sp³-hybridized carbons (Fsp3) is 0.412. The number of rotatable bonds is 5. The first-order valence-electron chi connectivity index (χ1n) is 7.69. The lowest BCUT2D eigenvalue weighted by molar-refractivity contribution is 0.0776. The normalized spacial score (nSPS) is 19.0. The molecule has 2 heterocycles. The highest BCUT2D eigenvalue weighted by atomic mass is 35.5. The summed E-state index contributed by atoms with van der Waals surface area (Å²) in [4.78, 5) is 18.7. The Labute approximate surface area is 164 Å². The fourth-order valence-electron chi connectivity index (χ4n) is 2.73. The third-order valence-corrected chi connectivity index (χ3v) is 4.92. The van der Waals surface area contributed by atoms with E-state index in [1.165, 1.54) is 11.3 Å². The highest BCUT2D eigenvalue weighted by Gasteiger charge is 2.35. The van der Waals surface area contributed by atoms with Gasteiger partial charge in [0, 0.05) is 24.0 Å². The van der Waals surface area contributed by atoms with E-state index in [9.17, 15) is 4.79 Å². The second kappa shape index (κ2) is 9.38. The first kappa shape index (κ1) is 21.7. The third kappa shape index (κ3) is 5.31. The molecule has 138 valence electrons. The highest BCUT2D eigenvalue weighted by molar-refractivity contribution is 7.07. The Kier molecular flexibility index (Phi) is 8.15. The van der Waals surface area contributed by atoms with Gasteiger partial charge in [-0.25, -0.2) is 4.98 Å². The number of amides is 1. The van der Waals surface area contributed by atoms with Crippen LogP contribution in [0.1, 0.15) is 29.4 Å². The fourth-order valence-corrected chi connectivity index (χ4v) is 3.27. The van der Waals surface area contributed by atoms with Gasteiger partial charge in [0.2, 0.25) is 0 Å². The van der Waals surface area contributed by atoms with E-state index in [0.717, 1.165) is 18.7 Å². The summed E-state index contributed by atoms with van der Waals surface area (Å²) >= 11 is 1.54. The molecule has 25 heavy (non-hydrogen) atoms. The Bertz CT molecular complexity index is 684. The van der Waals surface area contributed by atoms with Crippen LogP contribution in [0.4, 0.5) is 0 Å². The lowest BCUT2D eigenvalue weighted by atomic mass is 9.90. The number of hydrogen-bond acceptors (Lipinski definition) is 5. The van der Waals surface area contributed by atoms with E-state index in [-0.39, 0.29) is 36.1 Å². The largest absolute Gasteiger partial charge is 0.487 e. The molecule has 1 saturated heterocycles. The molecule has 1 aliphatic heterocycles. The molecule has 1 aromatic heterocycles. The monoisotopic (exact) mass is 403 g/mol. The van der Waals surface area contributed by atoms with Crippen LogP contribution in [0.15, 0.2) is 35.2 Å². The molecule has 1 aromatic carbocycles. The maximum atomic E-state index is 12.7. The summed E-state index contributed by atoms with van der Waals surface area (Å²) in [5.74, 6) is 0.728. The van der Waals surface area contributed by atoms with Gasteiger partial charge in [-0.3, -0.25) is 4.79 Å². The minimum atomic E-state index is 0. The van der Waals surface area contributed by atoms with Crippen LogP contribution < -0.4 is 10.5 Å². The standard InChI is InChI=1S/C17H21N3O2S.2ClH/c1-17(10-18)5-6-20(11-17)16(21)13-3-2-4-15(7-13)22-8-14-9-23-12-19-14;;/h2-4,7,9,12H,5-6,8,10-11,18H2,1H3;2*1H. The van der Waals surface area contributed by atoms with Gasteiger partial charge < -0.3 is 15.4 Å². The van der Waals surface area contributed by atoms with Crippen molar-refractivity contribution < 1.29 is 9.53 Å². The number of likely N-dealkylation sites (tertiary alicyclic amines) is 1. The molecule has 0 saturated carbocycles. The van der Waals surface area contributed by atoms with Crippen molar-refractivity contribution in [1.82, 2.24) is 9.88 Å². The van der Waals surface area contributed by atoms with Crippen LogP contribution in [0.3, 0.4) is 0 Å². The predicted molar refractivity (Wildman–Crippen MR) is 105 cm³/mol. The van der Waals surface area contributed by atoms with Gasteiger partial charge in [-0.2, -0.15) is 0 Å². The van der Waals surface area contributed by atoms with Crippen LogP contribution in [0.2, 0.25) is 0 Å². The minimum absolute atomic E-state index is 0. The summed E-state index contributed by atoms with van der Waals surface area (Å²) in [5.41, 5.74) is 9.18. The molecule has 0 spiro atoms. The van der Waals surface area contributed by atoms with Gasteiger partial charge in [-0.1, -0.05) is 13.0 Å². The van der Waals surface area contributed by atoms with E-state index in [2.05, 4.69) is 11.9 Å². The van der Waals surface area contributed by atoms with Crippen molar-refractivity contribution in [2.45, 2.75) is 20.0 Å². The number of hydrogen-bond donors (Lipinski definition) is 1. The quantitative estimate of drug-likeness (QED) is 0.830. The zero-order valence-corrected chi connectivity index (χ0v) is 16.5. The van der Waals surface area contributed by atoms with Crippen molar-refractivity contribution >= 4 is 42.1 Å². The van der Waals surface area contributed by atoms with Crippen molar-refractivity contribution in [3.8, 4) is 5.75 Å². The van der Waals surface area contributed by atoms with Gasteiger partial charge in [0.1, 0.15) is 12.4 Å². The Morgan fingerprint density at radius 3 is 2.88 bits per heavy atom. The number of ether oxygens (including phenoxy) is 1. The first-order chi connectivity index (χ1) is 11.1. The molecule has 2 aromatic rings. The third-order valence-electron chi connectivity index (χ3n) is 4.29. The summed E-state index contributed by atoms with van der Waals surface area (Å²) < 4.78 is 5.72. The van der Waals surface area contributed by atoms with E-state index in [4.69, 9.17) is 10.5 Å². The Hall–Kier alpha value is -1.34. The molecule has 1 fully saturated rings. The van der Waals surface area contributed by atoms with Gasteiger partial charge in [0.15, 0.2) is 0 Å². The van der Waals surface area contributed by atoms with Crippen molar-refractivity contribution in [3.63, 3.8) is 0 Å². The lowest BCUT2D eigenvalue weighted by Crippen LogP contribution is -2.34. The van der Waals surface area contributed by atoms with Crippen LogP contribution in [0.5, 0.6) is 5.75 Å². The molecule has 3 rings (SSSR count). The summed E-state index contributed by atoms with van der Waals surface area (Å²) in [6.07, 6.45) is 0.954. The summed E-state index contributed by atoms with van der Waals surface area (Å²) in [6, 6.07) is 7.34. The molecule has 0 bridgehead atoms. The van der Waals surface area contributed by atoms with Crippen molar-refractivity contribution in [2.24, 2.45) is 11.1 Å². The zero-order valence-electron chi connectivity index (χ0n) is 14.0. The molecule has 1 aliphatic rings. The van der Waals surface area contributed by atoms with E-state index in [1.54, 1.807) is 11.6 Å². The smallest absolute Gasteiger partial charge is 0.254 e. The first-order valence-corrected chi connectivity index (χ1v) is 8.63. The van der Waals surface area contributed by atoms with Gasteiger partial charge in [-0.05, 0) is 36.6 Å². The van der Waals surface area contributed by atoms with E-state index in [1.807, 2.05) is 28.5 Å². The molecule has 0 aliphatic carbocycles. The number of halogens is 2. The second-order valence-corrected chi connectivity index (χ2v) is 7.01. The average Bonchev–Trinajstić information content (AvgIpc) is 3.23.